The van der Waals surface area contributed by atoms with Crippen LogP contribution in [0.3, 0.4) is 0 Å². The van der Waals surface area contributed by atoms with E-state index in [2.05, 4.69) is 0 Å². The number of ether oxygens (including phenoxy) is 1. The van der Waals surface area contributed by atoms with Crippen LogP contribution in [0.25, 0.3) is 0 Å². The lowest BCUT2D eigenvalue weighted by molar-refractivity contribution is 0.164. The first-order valence-electron chi connectivity index (χ1n) is 4.95. The Kier molecular flexibility index (Phi) is 3.94. The minimum atomic E-state index is -0.635. The number of rotatable bonds is 4. The Balaban J connectivity index is 2.96. The number of aromatic hydroxyl groups is 1. The number of phenols is 1. The first-order valence-corrected chi connectivity index (χ1v) is 4.95. The second-order valence-electron chi connectivity index (χ2n) is 3.43. The molecule has 0 aromatic heterocycles. The van der Waals surface area contributed by atoms with Gasteiger partial charge in [-0.05, 0) is 31.5 Å². The average molecular weight is 211 g/mol. The summed E-state index contributed by atoms with van der Waals surface area (Å²) < 4.78 is 5.22. The maximum absolute atomic E-state index is 9.46. The van der Waals surface area contributed by atoms with Gasteiger partial charge in [-0.15, -0.1) is 0 Å². The first-order chi connectivity index (χ1) is 7.06. The molecule has 0 aliphatic carbocycles. The van der Waals surface area contributed by atoms with Crippen LogP contribution in [0.2, 0.25) is 0 Å². The molecule has 0 radical (unpaired) electrons. The van der Waals surface area contributed by atoms with Crippen molar-refractivity contribution in [2.75, 3.05) is 6.61 Å². The largest absolute Gasteiger partial charge is 0.504 e. The van der Waals surface area contributed by atoms with Crippen LogP contribution in [-0.4, -0.2) is 22.9 Å². The highest BCUT2D eigenvalue weighted by atomic mass is 16.5. The van der Waals surface area contributed by atoms with Crippen LogP contribution in [0.1, 0.15) is 25.5 Å². The van der Waals surface area contributed by atoms with Crippen molar-refractivity contribution in [3.8, 4) is 11.5 Å². The maximum Gasteiger partial charge on any atom is 0.161 e. The molecule has 0 fully saturated rings. The van der Waals surface area contributed by atoms with Gasteiger partial charge in [0.2, 0.25) is 0 Å². The van der Waals surface area contributed by atoms with Crippen molar-refractivity contribution in [2.24, 2.45) is 5.73 Å². The minimum Gasteiger partial charge on any atom is -0.504 e. The average Bonchev–Trinajstić information content (AvgIpc) is 2.20. The molecule has 2 atom stereocenters. The molecule has 1 aromatic rings. The van der Waals surface area contributed by atoms with Crippen molar-refractivity contribution in [1.82, 2.24) is 0 Å². The topological polar surface area (TPSA) is 75.7 Å². The molecule has 0 heterocycles. The molecule has 1 aromatic carbocycles. The fourth-order valence-corrected chi connectivity index (χ4v) is 1.29. The zero-order valence-electron chi connectivity index (χ0n) is 8.97. The number of phenolic OH excluding ortho intramolecular Hbond substituents is 1. The van der Waals surface area contributed by atoms with Gasteiger partial charge in [-0.2, -0.15) is 0 Å². The minimum absolute atomic E-state index is 0.0818. The first kappa shape index (κ1) is 11.8. The van der Waals surface area contributed by atoms with Crippen molar-refractivity contribution in [2.45, 2.75) is 26.0 Å². The van der Waals surface area contributed by atoms with E-state index >= 15 is 0 Å². The van der Waals surface area contributed by atoms with Crippen LogP contribution in [0.15, 0.2) is 18.2 Å². The molecule has 0 saturated carbocycles. The summed E-state index contributed by atoms with van der Waals surface area (Å²) in [6.07, 6.45) is -0.635. The molecule has 0 spiro atoms. The van der Waals surface area contributed by atoms with Gasteiger partial charge in [-0.1, -0.05) is 6.07 Å². The molecule has 0 saturated heterocycles. The zero-order valence-corrected chi connectivity index (χ0v) is 8.97. The van der Waals surface area contributed by atoms with Crippen LogP contribution in [0, 0.1) is 0 Å². The summed E-state index contributed by atoms with van der Waals surface area (Å²) >= 11 is 0. The van der Waals surface area contributed by atoms with Gasteiger partial charge >= 0.3 is 0 Å². The standard InChI is InChI=1S/C11H17NO3/c1-3-15-10-6-8(4-5-9(10)14)11(12)7(2)13/h4-7,11,13-14H,3,12H2,1-2H3/t7-,11-/m0/s1. The SMILES string of the molecule is CCOc1cc([C@@H](N)[C@H](C)O)ccc1O. The monoisotopic (exact) mass is 211 g/mol. The number of hydrogen-bond donors (Lipinski definition) is 3. The van der Waals surface area contributed by atoms with Crippen molar-refractivity contribution in [3.63, 3.8) is 0 Å². The van der Waals surface area contributed by atoms with Crippen molar-refractivity contribution >= 4 is 0 Å². The highest BCUT2D eigenvalue weighted by Gasteiger charge is 2.14. The van der Waals surface area contributed by atoms with Crippen molar-refractivity contribution in [1.29, 1.82) is 0 Å². The summed E-state index contributed by atoms with van der Waals surface area (Å²) in [6.45, 7) is 3.93. The lowest BCUT2D eigenvalue weighted by atomic mass is 10.0. The highest BCUT2D eigenvalue weighted by Crippen LogP contribution is 2.29. The molecule has 0 amide bonds. The predicted octanol–water partition coefficient (Wildman–Crippen LogP) is 1.17. The predicted molar refractivity (Wildman–Crippen MR) is 57.9 cm³/mol. The fourth-order valence-electron chi connectivity index (χ4n) is 1.29. The summed E-state index contributed by atoms with van der Waals surface area (Å²) in [5, 5.41) is 18.8. The number of nitrogens with two attached hydrogens (primary N) is 1. The van der Waals surface area contributed by atoms with E-state index < -0.39 is 12.1 Å². The van der Waals surface area contributed by atoms with Crippen LogP contribution in [0.4, 0.5) is 0 Å². The molecule has 4 heteroatoms. The lowest BCUT2D eigenvalue weighted by Gasteiger charge is -2.16. The second kappa shape index (κ2) is 5.00. The van der Waals surface area contributed by atoms with E-state index in [9.17, 15) is 10.2 Å². The molecular formula is C11H17NO3. The molecule has 4 N–H and O–H groups in total. The Morgan fingerprint density at radius 2 is 2.13 bits per heavy atom. The van der Waals surface area contributed by atoms with Crippen LogP contribution < -0.4 is 10.5 Å². The van der Waals surface area contributed by atoms with Gasteiger partial charge < -0.3 is 20.7 Å². The lowest BCUT2D eigenvalue weighted by Crippen LogP contribution is -2.23. The third-order valence-electron chi connectivity index (χ3n) is 2.19. The number of benzene rings is 1. The van der Waals surface area contributed by atoms with E-state index in [1.54, 1.807) is 19.1 Å². The Hall–Kier alpha value is -1.26. The van der Waals surface area contributed by atoms with Gasteiger partial charge in [0.15, 0.2) is 11.5 Å². The summed E-state index contributed by atoms with van der Waals surface area (Å²) in [6, 6.07) is 4.37. The highest BCUT2D eigenvalue weighted by molar-refractivity contribution is 5.42. The molecule has 0 aliphatic heterocycles. The summed E-state index contributed by atoms with van der Waals surface area (Å²) in [5.41, 5.74) is 6.51. The maximum atomic E-state index is 9.46. The molecule has 0 bridgehead atoms. The van der Waals surface area contributed by atoms with Crippen LogP contribution in [-0.2, 0) is 0 Å². The molecule has 4 nitrogen and oxygen atoms in total. The fraction of sp³-hybridized carbons (Fsp3) is 0.455. The second-order valence-corrected chi connectivity index (χ2v) is 3.43. The molecule has 84 valence electrons. The normalized spacial score (nSPS) is 14.7. The van der Waals surface area contributed by atoms with Crippen LogP contribution in [0.5, 0.6) is 11.5 Å². The summed E-state index contributed by atoms with van der Waals surface area (Å²) in [5.74, 6) is 0.476. The van der Waals surface area contributed by atoms with Gasteiger partial charge in [0.25, 0.3) is 0 Å². The molecule has 0 aliphatic rings. The van der Waals surface area contributed by atoms with Gasteiger partial charge in [0.05, 0.1) is 18.8 Å². The molecule has 0 unspecified atom stereocenters. The van der Waals surface area contributed by atoms with Crippen molar-refractivity contribution < 1.29 is 14.9 Å². The van der Waals surface area contributed by atoms with Gasteiger partial charge in [0, 0.05) is 0 Å². The van der Waals surface area contributed by atoms with E-state index in [0.717, 1.165) is 5.56 Å². The van der Waals surface area contributed by atoms with Gasteiger partial charge in [0.1, 0.15) is 0 Å². The smallest absolute Gasteiger partial charge is 0.161 e. The zero-order chi connectivity index (χ0) is 11.4. The quantitative estimate of drug-likeness (QED) is 0.698. The van der Waals surface area contributed by atoms with E-state index in [1.807, 2.05) is 6.92 Å². The number of hydrogen-bond acceptors (Lipinski definition) is 4. The van der Waals surface area contributed by atoms with Gasteiger partial charge in [-0.25, -0.2) is 0 Å². The van der Waals surface area contributed by atoms with E-state index in [-0.39, 0.29) is 5.75 Å². The Morgan fingerprint density at radius 3 is 2.67 bits per heavy atom. The molecule has 1 rings (SSSR count). The van der Waals surface area contributed by atoms with E-state index in [1.165, 1.54) is 6.07 Å². The number of aliphatic hydroxyl groups excluding tert-OH is 1. The Labute approximate surface area is 89.3 Å². The number of aliphatic hydroxyl groups is 1. The van der Waals surface area contributed by atoms with Crippen LogP contribution >= 0.6 is 0 Å². The summed E-state index contributed by atoms with van der Waals surface area (Å²) in [7, 11) is 0. The van der Waals surface area contributed by atoms with Crippen molar-refractivity contribution in [3.05, 3.63) is 23.8 Å². The Bertz CT molecular complexity index is 326. The summed E-state index contributed by atoms with van der Waals surface area (Å²) in [4.78, 5) is 0. The third kappa shape index (κ3) is 2.84. The molecule has 15 heavy (non-hydrogen) atoms. The van der Waals surface area contributed by atoms with E-state index in [0.29, 0.717) is 12.4 Å². The van der Waals surface area contributed by atoms with E-state index in [4.69, 9.17) is 10.5 Å². The third-order valence-corrected chi connectivity index (χ3v) is 2.19. The molecular weight excluding hydrogens is 194 g/mol. The van der Waals surface area contributed by atoms with Gasteiger partial charge in [-0.3, -0.25) is 0 Å². The Morgan fingerprint density at radius 1 is 1.47 bits per heavy atom.